The first-order valence-corrected chi connectivity index (χ1v) is 7.03. The van der Waals surface area contributed by atoms with Crippen LogP contribution in [-0.2, 0) is 4.79 Å². The lowest BCUT2D eigenvalue weighted by atomic mass is 9.91. The molecule has 2 N–H and O–H groups in total. The largest absolute Gasteiger partial charge is 0.352 e. The fourth-order valence-electron chi connectivity index (χ4n) is 3.21. The summed E-state index contributed by atoms with van der Waals surface area (Å²) in [6, 6.07) is 0.929. The predicted molar refractivity (Wildman–Crippen MR) is 69.8 cm³/mol. The molecular weight excluding hydrogens is 212 g/mol. The van der Waals surface area contributed by atoms with Gasteiger partial charge in [-0.05, 0) is 50.9 Å². The van der Waals surface area contributed by atoms with Crippen LogP contribution in [0, 0.1) is 5.41 Å². The zero-order valence-electron chi connectivity index (χ0n) is 11.4. The number of hydrogen-bond acceptors (Lipinski definition) is 2. The smallest absolute Gasteiger partial charge is 0.237 e. The van der Waals surface area contributed by atoms with Crippen molar-refractivity contribution >= 4 is 5.91 Å². The lowest BCUT2D eigenvalue weighted by Gasteiger charge is -2.29. The van der Waals surface area contributed by atoms with Gasteiger partial charge in [0.2, 0.25) is 5.91 Å². The summed E-state index contributed by atoms with van der Waals surface area (Å²) in [5.41, 5.74) is 0.408. The molecule has 98 valence electrons. The second-order valence-electron chi connectivity index (χ2n) is 6.66. The van der Waals surface area contributed by atoms with Crippen LogP contribution in [0.25, 0.3) is 0 Å². The van der Waals surface area contributed by atoms with E-state index < -0.39 is 0 Å². The third kappa shape index (κ3) is 3.44. The van der Waals surface area contributed by atoms with Crippen molar-refractivity contribution in [1.29, 1.82) is 0 Å². The zero-order valence-corrected chi connectivity index (χ0v) is 11.4. The minimum absolute atomic E-state index is 0.0439. The molecule has 0 radical (unpaired) electrons. The van der Waals surface area contributed by atoms with Crippen molar-refractivity contribution in [1.82, 2.24) is 10.6 Å². The fraction of sp³-hybridized carbons (Fsp3) is 0.929. The first-order valence-electron chi connectivity index (χ1n) is 7.03. The zero-order chi connectivity index (χ0) is 12.5. The van der Waals surface area contributed by atoms with E-state index in [2.05, 4.69) is 31.4 Å². The highest BCUT2D eigenvalue weighted by Gasteiger charge is 2.33. The Bertz CT molecular complexity index is 288. The molecule has 1 heterocycles. The van der Waals surface area contributed by atoms with E-state index in [-0.39, 0.29) is 11.9 Å². The molecule has 3 heteroatoms. The Morgan fingerprint density at radius 2 is 2.06 bits per heavy atom. The monoisotopic (exact) mass is 238 g/mol. The van der Waals surface area contributed by atoms with Crippen LogP contribution in [0.3, 0.4) is 0 Å². The Morgan fingerprint density at radius 3 is 2.65 bits per heavy atom. The summed E-state index contributed by atoms with van der Waals surface area (Å²) >= 11 is 0. The molecule has 0 spiro atoms. The topological polar surface area (TPSA) is 41.1 Å². The summed E-state index contributed by atoms with van der Waals surface area (Å²) in [5.74, 6) is 0.222. The summed E-state index contributed by atoms with van der Waals surface area (Å²) in [6.45, 7) is 6.75. The number of nitrogens with one attached hydrogen (secondary N) is 2. The molecule has 1 saturated heterocycles. The Kier molecular flexibility index (Phi) is 3.76. The molecule has 1 aliphatic carbocycles. The molecule has 1 saturated carbocycles. The van der Waals surface area contributed by atoms with Crippen LogP contribution in [0.5, 0.6) is 0 Å². The second-order valence-corrected chi connectivity index (χ2v) is 6.66. The molecular formula is C14H26N2O. The molecule has 0 aromatic carbocycles. The van der Waals surface area contributed by atoms with Crippen molar-refractivity contribution in [3.63, 3.8) is 0 Å². The van der Waals surface area contributed by atoms with Crippen molar-refractivity contribution in [2.24, 2.45) is 5.41 Å². The maximum Gasteiger partial charge on any atom is 0.237 e. The number of piperidine rings is 1. The lowest BCUT2D eigenvalue weighted by Crippen LogP contribution is -2.51. The van der Waals surface area contributed by atoms with E-state index in [1.54, 1.807) is 0 Å². The van der Waals surface area contributed by atoms with E-state index in [0.717, 1.165) is 19.3 Å². The van der Waals surface area contributed by atoms with Gasteiger partial charge in [-0.1, -0.05) is 13.8 Å². The quantitative estimate of drug-likeness (QED) is 0.774. The molecule has 3 nitrogen and oxygen atoms in total. The molecule has 2 aliphatic rings. The van der Waals surface area contributed by atoms with Crippen molar-refractivity contribution in [2.75, 3.05) is 0 Å². The number of hydrogen-bond donors (Lipinski definition) is 2. The van der Waals surface area contributed by atoms with E-state index in [0.29, 0.717) is 17.5 Å². The van der Waals surface area contributed by atoms with Crippen molar-refractivity contribution in [2.45, 2.75) is 77.4 Å². The number of carbonyl (C=O) groups excluding carboxylic acids is 1. The van der Waals surface area contributed by atoms with E-state index >= 15 is 0 Å². The van der Waals surface area contributed by atoms with Crippen LogP contribution in [0.1, 0.15) is 59.3 Å². The van der Waals surface area contributed by atoms with Gasteiger partial charge in [0, 0.05) is 12.1 Å². The second kappa shape index (κ2) is 4.97. The van der Waals surface area contributed by atoms with E-state index in [1.165, 1.54) is 19.3 Å². The first kappa shape index (κ1) is 12.9. The average molecular weight is 238 g/mol. The van der Waals surface area contributed by atoms with Gasteiger partial charge in [-0.25, -0.2) is 0 Å². The third-order valence-electron chi connectivity index (χ3n) is 4.25. The fourth-order valence-corrected chi connectivity index (χ4v) is 3.21. The molecule has 0 aromatic heterocycles. The standard InChI is InChI=1S/C14H26N2O/c1-10-5-4-6-12(15-10)13(17)16-11-7-8-14(2,3)9-11/h10-12,15H,4-9H2,1-3H3,(H,16,17). The van der Waals surface area contributed by atoms with Gasteiger partial charge in [-0.2, -0.15) is 0 Å². The summed E-state index contributed by atoms with van der Waals surface area (Å²) in [7, 11) is 0. The number of amides is 1. The van der Waals surface area contributed by atoms with Gasteiger partial charge in [0.05, 0.1) is 6.04 Å². The SMILES string of the molecule is CC1CCCC(C(=O)NC2CCC(C)(C)C2)N1. The highest BCUT2D eigenvalue weighted by atomic mass is 16.2. The van der Waals surface area contributed by atoms with Crippen molar-refractivity contribution in [3.8, 4) is 0 Å². The first-order chi connectivity index (χ1) is 7.96. The van der Waals surface area contributed by atoms with Crippen LogP contribution in [0.15, 0.2) is 0 Å². The lowest BCUT2D eigenvalue weighted by molar-refractivity contribution is -0.124. The van der Waals surface area contributed by atoms with Gasteiger partial charge in [0.25, 0.3) is 0 Å². The minimum atomic E-state index is 0.0439. The van der Waals surface area contributed by atoms with Gasteiger partial charge >= 0.3 is 0 Å². The van der Waals surface area contributed by atoms with E-state index in [1.807, 2.05) is 0 Å². The highest BCUT2D eigenvalue weighted by Crippen LogP contribution is 2.36. The molecule has 3 unspecified atom stereocenters. The molecule has 3 atom stereocenters. The van der Waals surface area contributed by atoms with Crippen molar-refractivity contribution in [3.05, 3.63) is 0 Å². The molecule has 1 amide bonds. The van der Waals surface area contributed by atoms with Crippen LogP contribution in [-0.4, -0.2) is 24.0 Å². The number of rotatable bonds is 2. The Balaban J connectivity index is 1.81. The van der Waals surface area contributed by atoms with Gasteiger partial charge in [-0.3, -0.25) is 4.79 Å². The third-order valence-corrected chi connectivity index (χ3v) is 4.25. The van der Waals surface area contributed by atoms with Crippen LogP contribution >= 0.6 is 0 Å². The maximum atomic E-state index is 12.1. The molecule has 2 fully saturated rings. The van der Waals surface area contributed by atoms with Crippen LogP contribution in [0.2, 0.25) is 0 Å². The van der Waals surface area contributed by atoms with Gasteiger partial charge in [-0.15, -0.1) is 0 Å². The molecule has 0 bridgehead atoms. The average Bonchev–Trinajstić information content (AvgIpc) is 2.58. The Labute approximate surface area is 105 Å². The molecule has 1 aliphatic heterocycles. The summed E-state index contributed by atoms with van der Waals surface area (Å²) in [5, 5.41) is 6.62. The van der Waals surface area contributed by atoms with E-state index in [9.17, 15) is 4.79 Å². The normalized spacial score (nSPS) is 36.8. The Morgan fingerprint density at radius 1 is 1.29 bits per heavy atom. The van der Waals surface area contributed by atoms with E-state index in [4.69, 9.17) is 0 Å². The van der Waals surface area contributed by atoms with Crippen LogP contribution < -0.4 is 10.6 Å². The van der Waals surface area contributed by atoms with Crippen molar-refractivity contribution < 1.29 is 4.79 Å². The summed E-state index contributed by atoms with van der Waals surface area (Å²) < 4.78 is 0. The number of carbonyl (C=O) groups is 1. The van der Waals surface area contributed by atoms with Crippen LogP contribution in [0.4, 0.5) is 0 Å². The summed E-state index contributed by atoms with van der Waals surface area (Å²) in [6.07, 6.45) is 6.85. The van der Waals surface area contributed by atoms with Gasteiger partial charge in [0.1, 0.15) is 0 Å². The highest BCUT2D eigenvalue weighted by molar-refractivity contribution is 5.82. The maximum absolute atomic E-state index is 12.1. The predicted octanol–water partition coefficient (Wildman–Crippen LogP) is 2.21. The summed E-state index contributed by atoms with van der Waals surface area (Å²) in [4.78, 5) is 12.1. The Hall–Kier alpha value is -0.570. The van der Waals surface area contributed by atoms with Gasteiger partial charge < -0.3 is 10.6 Å². The molecule has 2 rings (SSSR count). The molecule has 17 heavy (non-hydrogen) atoms. The van der Waals surface area contributed by atoms with Gasteiger partial charge in [0.15, 0.2) is 0 Å². The molecule has 0 aromatic rings. The minimum Gasteiger partial charge on any atom is -0.352 e.